The van der Waals surface area contributed by atoms with Crippen molar-refractivity contribution in [3.63, 3.8) is 0 Å². The second-order valence-electron chi connectivity index (χ2n) is 3.99. The van der Waals surface area contributed by atoms with Crippen molar-refractivity contribution < 1.29 is 0 Å². The van der Waals surface area contributed by atoms with Crippen LogP contribution < -0.4 is 5.32 Å². The number of nitrogens with zero attached hydrogens (tertiary/aromatic N) is 3. The average Bonchev–Trinajstić information content (AvgIpc) is 2.44. The van der Waals surface area contributed by atoms with Gasteiger partial charge >= 0.3 is 0 Å². The van der Waals surface area contributed by atoms with Gasteiger partial charge in [-0.05, 0) is 30.2 Å². The van der Waals surface area contributed by atoms with Crippen LogP contribution in [-0.4, -0.2) is 9.97 Å². The molecule has 0 spiro atoms. The first-order valence-corrected chi connectivity index (χ1v) is 6.35. The number of aryl methyl sites for hydroxylation is 1. The van der Waals surface area contributed by atoms with E-state index in [-0.39, 0.29) is 0 Å². The van der Waals surface area contributed by atoms with Crippen LogP contribution in [0.1, 0.15) is 23.7 Å². The molecule has 1 N–H and O–H groups in total. The summed E-state index contributed by atoms with van der Waals surface area (Å²) in [4.78, 5) is 8.47. The third-order valence-corrected chi connectivity index (χ3v) is 2.92. The van der Waals surface area contributed by atoms with Gasteiger partial charge in [-0.2, -0.15) is 5.26 Å². The first-order valence-electron chi connectivity index (χ1n) is 5.97. The Balaban J connectivity index is 2.15. The SMILES string of the molecule is CCc1cccnc1CNc1cc(C#N)cc(Cl)n1. The minimum absolute atomic E-state index is 0.304. The van der Waals surface area contributed by atoms with E-state index in [1.807, 2.05) is 12.1 Å². The third kappa shape index (κ3) is 3.43. The zero-order chi connectivity index (χ0) is 13.7. The number of anilines is 1. The molecular weight excluding hydrogens is 260 g/mol. The molecule has 0 aliphatic carbocycles. The van der Waals surface area contributed by atoms with E-state index < -0.39 is 0 Å². The van der Waals surface area contributed by atoms with Crippen LogP contribution in [0.15, 0.2) is 30.5 Å². The summed E-state index contributed by atoms with van der Waals surface area (Å²) in [7, 11) is 0. The van der Waals surface area contributed by atoms with Crippen LogP contribution in [0.25, 0.3) is 0 Å². The number of hydrogen-bond acceptors (Lipinski definition) is 4. The molecule has 96 valence electrons. The monoisotopic (exact) mass is 272 g/mol. The Morgan fingerprint density at radius 3 is 3.00 bits per heavy atom. The molecule has 2 aromatic heterocycles. The summed E-state index contributed by atoms with van der Waals surface area (Å²) in [5.41, 5.74) is 2.65. The largest absolute Gasteiger partial charge is 0.364 e. The summed E-state index contributed by atoms with van der Waals surface area (Å²) in [6.07, 6.45) is 2.69. The molecule has 0 atom stereocenters. The molecule has 0 saturated heterocycles. The lowest BCUT2D eigenvalue weighted by Crippen LogP contribution is -2.06. The zero-order valence-electron chi connectivity index (χ0n) is 10.5. The molecule has 2 aromatic rings. The van der Waals surface area contributed by atoms with Gasteiger partial charge in [0.05, 0.1) is 23.9 Å². The summed E-state index contributed by atoms with van der Waals surface area (Å²) < 4.78 is 0. The van der Waals surface area contributed by atoms with Crippen molar-refractivity contribution in [1.29, 1.82) is 5.26 Å². The van der Waals surface area contributed by atoms with E-state index in [1.54, 1.807) is 12.3 Å². The zero-order valence-corrected chi connectivity index (χ0v) is 11.3. The highest BCUT2D eigenvalue weighted by molar-refractivity contribution is 6.29. The molecule has 0 aliphatic heterocycles. The minimum Gasteiger partial charge on any atom is -0.364 e. The molecule has 0 aromatic carbocycles. The molecular formula is C14H13ClN4. The summed E-state index contributed by atoms with van der Waals surface area (Å²) in [6.45, 7) is 2.65. The van der Waals surface area contributed by atoms with Gasteiger partial charge in [0.2, 0.25) is 0 Å². The number of aromatic nitrogens is 2. The van der Waals surface area contributed by atoms with Crippen LogP contribution in [0.3, 0.4) is 0 Å². The second-order valence-corrected chi connectivity index (χ2v) is 4.38. The van der Waals surface area contributed by atoms with Crippen LogP contribution in [0, 0.1) is 11.3 Å². The predicted octanol–water partition coefficient (Wildman–Crippen LogP) is 3.18. The van der Waals surface area contributed by atoms with Crippen LogP contribution in [0.5, 0.6) is 0 Å². The van der Waals surface area contributed by atoms with Crippen LogP contribution in [0.2, 0.25) is 5.15 Å². The molecule has 19 heavy (non-hydrogen) atoms. The van der Waals surface area contributed by atoms with Gasteiger partial charge in [-0.15, -0.1) is 0 Å². The summed E-state index contributed by atoms with van der Waals surface area (Å²) in [5.74, 6) is 0.580. The summed E-state index contributed by atoms with van der Waals surface area (Å²) >= 11 is 5.85. The highest BCUT2D eigenvalue weighted by atomic mass is 35.5. The van der Waals surface area contributed by atoms with E-state index >= 15 is 0 Å². The lowest BCUT2D eigenvalue weighted by atomic mass is 10.1. The van der Waals surface area contributed by atoms with Crippen molar-refractivity contribution in [2.75, 3.05) is 5.32 Å². The Kier molecular flexibility index (Phi) is 4.32. The number of pyridine rings is 2. The smallest absolute Gasteiger partial charge is 0.132 e. The first-order chi connectivity index (χ1) is 9.22. The van der Waals surface area contributed by atoms with E-state index in [1.165, 1.54) is 11.6 Å². The fraction of sp³-hybridized carbons (Fsp3) is 0.214. The lowest BCUT2D eigenvalue weighted by Gasteiger charge is -2.09. The van der Waals surface area contributed by atoms with E-state index in [0.717, 1.165) is 12.1 Å². The Morgan fingerprint density at radius 1 is 1.42 bits per heavy atom. The highest BCUT2D eigenvalue weighted by Gasteiger charge is 2.04. The number of nitrogens with one attached hydrogen (secondary N) is 1. The maximum Gasteiger partial charge on any atom is 0.132 e. The molecule has 0 unspecified atom stereocenters. The quantitative estimate of drug-likeness (QED) is 0.869. The fourth-order valence-electron chi connectivity index (χ4n) is 1.78. The van der Waals surface area contributed by atoms with Crippen molar-refractivity contribution in [1.82, 2.24) is 9.97 Å². The van der Waals surface area contributed by atoms with Gasteiger partial charge in [0, 0.05) is 6.20 Å². The van der Waals surface area contributed by atoms with Crippen molar-refractivity contribution in [3.8, 4) is 6.07 Å². The Hall–Kier alpha value is -2.12. The molecule has 2 rings (SSSR count). The lowest BCUT2D eigenvalue weighted by molar-refractivity contribution is 0.964. The average molecular weight is 273 g/mol. The maximum atomic E-state index is 8.88. The standard InChI is InChI=1S/C14H13ClN4/c1-2-11-4-3-5-17-12(11)9-18-14-7-10(8-16)6-13(15)19-14/h3-7H,2,9H2,1H3,(H,18,19). The summed E-state index contributed by atoms with van der Waals surface area (Å²) in [5, 5.41) is 12.3. The van der Waals surface area contributed by atoms with E-state index in [2.05, 4.69) is 28.3 Å². The number of nitriles is 1. The normalized spacial score (nSPS) is 9.95. The molecule has 0 amide bonds. The van der Waals surface area contributed by atoms with Crippen molar-refractivity contribution in [2.45, 2.75) is 19.9 Å². The number of halogens is 1. The van der Waals surface area contributed by atoms with Gasteiger partial charge in [-0.3, -0.25) is 4.98 Å². The third-order valence-electron chi connectivity index (χ3n) is 2.73. The Labute approximate surface area is 117 Å². The van der Waals surface area contributed by atoms with E-state index in [4.69, 9.17) is 16.9 Å². The Morgan fingerprint density at radius 2 is 2.26 bits per heavy atom. The van der Waals surface area contributed by atoms with Gasteiger partial charge in [0.15, 0.2) is 0 Å². The Bertz CT molecular complexity index is 619. The van der Waals surface area contributed by atoms with E-state index in [9.17, 15) is 0 Å². The molecule has 0 radical (unpaired) electrons. The molecule has 2 heterocycles. The molecule has 0 fully saturated rings. The number of hydrogen-bond donors (Lipinski definition) is 1. The molecule has 0 aliphatic rings. The van der Waals surface area contributed by atoms with Gasteiger partial charge in [0.1, 0.15) is 11.0 Å². The highest BCUT2D eigenvalue weighted by Crippen LogP contribution is 2.15. The van der Waals surface area contributed by atoms with Crippen LogP contribution >= 0.6 is 11.6 Å². The molecule has 5 heteroatoms. The fourth-order valence-corrected chi connectivity index (χ4v) is 1.99. The predicted molar refractivity (Wildman–Crippen MR) is 74.9 cm³/mol. The first kappa shape index (κ1) is 13.3. The number of rotatable bonds is 4. The minimum atomic E-state index is 0.304. The molecule has 0 saturated carbocycles. The van der Waals surface area contributed by atoms with Crippen molar-refractivity contribution in [3.05, 3.63) is 52.4 Å². The van der Waals surface area contributed by atoms with Gasteiger partial charge in [-0.25, -0.2) is 4.98 Å². The second kappa shape index (κ2) is 6.17. The van der Waals surface area contributed by atoms with Crippen molar-refractivity contribution >= 4 is 17.4 Å². The van der Waals surface area contributed by atoms with Crippen LogP contribution in [0.4, 0.5) is 5.82 Å². The van der Waals surface area contributed by atoms with Crippen molar-refractivity contribution in [2.24, 2.45) is 0 Å². The summed E-state index contributed by atoms with van der Waals surface area (Å²) in [6, 6.07) is 9.22. The van der Waals surface area contributed by atoms with E-state index in [0.29, 0.717) is 23.1 Å². The van der Waals surface area contributed by atoms with Gasteiger partial charge < -0.3 is 5.32 Å². The topological polar surface area (TPSA) is 61.6 Å². The molecule has 4 nitrogen and oxygen atoms in total. The van der Waals surface area contributed by atoms with Gasteiger partial charge in [-0.1, -0.05) is 24.6 Å². The molecule has 0 bridgehead atoms. The maximum absolute atomic E-state index is 8.88. The van der Waals surface area contributed by atoms with Crippen LogP contribution in [-0.2, 0) is 13.0 Å². The van der Waals surface area contributed by atoms with Gasteiger partial charge in [0.25, 0.3) is 0 Å².